The van der Waals surface area contributed by atoms with Crippen LogP contribution in [0.5, 0.6) is 0 Å². The van der Waals surface area contributed by atoms with Gasteiger partial charge in [0, 0.05) is 6.42 Å². The molecule has 1 unspecified atom stereocenters. The van der Waals surface area contributed by atoms with E-state index in [1.54, 1.807) is 0 Å². The first-order chi connectivity index (χ1) is 14.7. The van der Waals surface area contributed by atoms with Crippen molar-refractivity contribution in [1.29, 1.82) is 0 Å². The number of unbranched alkanes of at least 4 members (excludes halogenated alkanes) is 9. The molecule has 180 valence electrons. The molecule has 5 heteroatoms. The third kappa shape index (κ3) is 22.9. The normalized spacial score (nSPS) is 13.2. The molecule has 0 aliphatic rings. The number of ether oxygens (including phenoxy) is 1. The molecule has 0 aromatic rings. The zero-order valence-corrected chi connectivity index (χ0v) is 20.6. The van der Waals surface area contributed by atoms with E-state index in [1.165, 1.54) is 44.9 Å². The highest BCUT2D eigenvalue weighted by Gasteiger charge is 2.24. The van der Waals surface area contributed by atoms with Crippen molar-refractivity contribution < 1.29 is 23.9 Å². The topological polar surface area (TPSA) is 63.6 Å². The van der Waals surface area contributed by atoms with Crippen LogP contribution in [0.3, 0.4) is 0 Å². The van der Waals surface area contributed by atoms with Crippen molar-refractivity contribution in [2.45, 2.75) is 103 Å². The number of carbonyl (C=O) groups excluding carboxylic acids is 1. The van der Waals surface area contributed by atoms with Gasteiger partial charge in [0.15, 0.2) is 6.10 Å². The number of hydrogen-bond donors (Lipinski definition) is 1. The largest absolute Gasteiger partial charge is 0.481 e. The van der Waals surface area contributed by atoms with Gasteiger partial charge in [-0.25, -0.2) is 0 Å². The minimum Gasteiger partial charge on any atom is -0.481 e. The van der Waals surface area contributed by atoms with Crippen LogP contribution in [0.1, 0.15) is 96.8 Å². The molecule has 0 amide bonds. The summed E-state index contributed by atoms with van der Waals surface area (Å²) in [5, 5.41) is 9.01. The maximum Gasteiger partial charge on any atom is 0.307 e. The average molecular weight is 439 g/mol. The molecular formula is C26H48NO4+. The Balaban J connectivity index is 3.67. The average Bonchev–Trinajstić information content (AvgIpc) is 2.65. The molecule has 31 heavy (non-hydrogen) atoms. The van der Waals surface area contributed by atoms with Crippen molar-refractivity contribution in [2.75, 3.05) is 27.7 Å². The molecule has 0 aliphatic carbocycles. The lowest BCUT2D eigenvalue weighted by Gasteiger charge is -2.28. The van der Waals surface area contributed by atoms with Crippen molar-refractivity contribution in [1.82, 2.24) is 0 Å². The van der Waals surface area contributed by atoms with Crippen molar-refractivity contribution in [3.63, 3.8) is 0 Å². The van der Waals surface area contributed by atoms with Crippen LogP contribution in [-0.2, 0) is 14.3 Å². The Morgan fingerprint density at radius 3 is 1.94 bits per heavy atom. The molecule has 5 nitrogen and oxygen atoms in total. The maximum absolute atomic E-state index is 12.0. The molecule has 0 heterocycles. The third-order valence-electron chi connectivity index (χ3n) is 5.03. The number of quaternary nitrogens is 1. The lowest BCUT2D eigenvalue weighted by atomic mass is 10.1. The van der Waals surface area contributed by atoms with Gasteiger partial charge in [-0.1, -0.05) is 69.8 Å². The Morgan fingerprint density at radius 1 is 0.839 bits per heavy atom. The summed E-state index contributed by atoms with van der Waals surface area (Å²) in [6.45, 7) is 2.74. The first kappa shape index (κ1) is 29.4. The standard InChI is InChI=1S/C26H47NO4/c1-5-6-7-8-9-10-11-12-13-14-15-16-17-18-19-20-21-26(30)31-24(22-25(28)29)23-27(2,3)4/h9-10,12-13,24H,5-8,11,14-23H2,1-4H3/p+1/b10-9+,13-12+. The van der Waals surface area contributed by atoms with Gasteiger partial charge in [-0.2, -0.15) is 0 Å². The van der Waals surface area contributed by atoms with E-state index >= 15 is 0 Å². The first-order valence-electron chi connectivity index (χ1n) is 12.3. The highest BCUT2D eigenvalue weighted by Crippen LogP contribution is 2.12. The summed E-state index contributed by atoms with van der Waals surface area (Å²) in [5.74, 6) is -1.20. The van der Waals surface area contributed by atoms with Crippen LogP contribution in [0, 0.1) is 0 Å². The minimum absolute atomic E-state index is 0.134. The highest BCUT2D eigenvalue weighted by molar-refractivity contribution is 5.71. The molecular weight excluding hydrogens is 390 g/mol. The predicted octanol–water partition coefficient (Wildman–Crippen LogP) is 6.28. The number of aliphatic carboxylic acids is 1. The molecule has 1 atom stereocenters. The van der Waals surface area contributed by atoms with E-state index in [4.69, 9.17) is 9.84 Å². The number of carboxylic acids is 1. The van der Waals surface area contributed by atoms with Gasteiger partial charge in [-0.05, 0) is 38.5 Å². The van der Waals surface area contributed by atoms with Crippen LogP contribution in [0.15, 0.2) is 24.3 Å². The summed E-state index contributed by atoms with van der Waals surface area (Å²) in [4.78, 5) is 23.0. The van der Waals surface area contributed by atoms with E-state index in [0.29, 0.717) is 17.4 Å². The highest BCUT2D eigenvalue weighted by atomic mass is 16.5. The van der Waals surface area contributed by atoms with Gasteiger partial charge in [-0.3, -0.25) is 9.59 Å². The fourth-order valence-electron chi connectivity index (χ4n) is 3.45. The molecule has 0 radical (unpaired) electrons. The summed E-state index contributed by atoms with van der Waals surface area (Å²) in [6, 6.07) is 0. The molecule has 0 fully saturated rings. The Bertz CT molecular complexity index is 520. The minimum atomic E-state index is -0.931. The Labute approximate surface area is 191 Å². The van der Waals surface area contributed by atoms with Crippen LogP contribution in [0.4, 0.5) is 0 Å². The van der Waals surface area contributed by atoms with Crippen LogP contribution < -0.4 is 0 Å². The number of esters is 1. The van der Waals surface area contributed by atoms with E-state index in [9.17, 15) is 9.59 Å². The van der Waals surface area contributed by atoms with E-state index in [0.717, 1.165) is 32.1 Å². The maximum atomic E-state index is 12.0. The molecule has 1 N–H and O–H groups in total. The molecule has 0 aliphatic heterocycles. The van der Waals surface area contributed by atoms with E-state index < -0.39 is 12.1 Å². The summed E-state index contributed by atoms with van der Waals surface area (Å²) in [6.07, 6.45) is 22.7. The Kier molecular flexibility index (Phi) is 18.1. The van der Waals surface area contributed by atoms with E-state index in [2.05, 4.69) is 31.2 Å². The molecule has 0 saturated heterocycles. The van der Waals surface area contributed by atoms with Gasteiger partial charge in [0.05, 0.1) is 27.6 Å². The quantitative estimate of drug-likeness (QED) is 0.105. The lowest BCUT2D eigenvalue weighted by molar-refractivity contribution is -0.873. The number of carbonyl (C=O) groups is 2. The third-order valence-corrected chi connectivity index (χ3v) is 5.03. The van der Waals surface area contributed by atoms with Crippen molar-refractivity contribution in [2.24, 2.45) is 0 Å². The summed E-state index contributed by atoms with van der Waals surface area (Å²) in [5.41, 5.74) is 0. The van der Waals surface area contributed by atoms with Crippen LogP contribution in [0.2, 0.25) is 0 Å². The van der Waals surface area contributed by atoms with Gasteiger partial charge in [0.25, 0.3) is 0 Å². The summed E-state index contributed by atoms with van der Waals surface area (Å²) in [7, 11) is 5.89. The zero-order chi connectivity index (χ0) is 23.4. The van der Waals surface area contributed by atoms with Gasteiger partial charge in [-0.15, -0.1) is 0 Å². The number of nitrogens with zero attached hydrogens (tertiary/aromatic N) is 1. The predicted molar refractivity (Wildman–Crippen MR) is 129 cm³/mol. The fourth-order valence-corrected chi connectivity index (χ4v) is 3.45. The second-order valence-corrected chi connectivity index (χ2v) is 9.52. The molecule has 0 aromatic carbocycles. The van der Waals surface area contributed by atoms with Crippen molar-refractivity contribution in [3.05, 3.63) is 24.3 Å². The van der Waals surface area contributed by atoms with E-state index in [-0.39, 0.29) is 12.4 Å². The number of allylic oxidation sites excluding steroid dienone is 4. The van der Waals surface area contributed by atoms with Crippen molar-refractivity contribution >= 4 is 11.9 Å². The second-order valence-electron chi connectivity index (χ2n) is 9.52. The molecule has 0 spiro atoms. The number of rotatable bonds is 20. The molecule has 0 rings (SSSR count). The molecule has 0 bridgehead atoms. The zero-order valence-electron chi connectivity index (χ0n) is 20.6. The van der Waals surface area contributed by atoms with Gasteiger partial charge in [0.2, 0.25) is 0 Å². The lowest BCUT2D eigenvalue weighted by Crippen LogP contribution is -2.43. The first-order valence-corrected chi connectivity index (χ1v) is 12.3. The summed E-state index contributed by atoms with van der Waals surface area (Å²) >= 11 is 0. The Hall–Kier alpha value is -1.62. The second kappa shape index (κ2) is 19.1. The van der Waals surface area contributed by atoms with E-state index in [1.807, 2.05) is 21.1 Å². The smallest absolute Gasteiger partial charge is 0.307 e. The monoisotopic (exact) mass is 438 g/mol. The van der Waals surface area contributed by atoms with Crippen LogP contribution in [0.25, 0.3) is 0 Å². The Morgan fingerprint density at radius 2 is 1.39 bits per heavy atom. The molecule has 0 aromatic heterocycles. The summed E-state index contributed by atoms with van der Waals surface area (Å²) < 4.78 is 5.98. The number of likely N-dealkylation sites (N-methyl/N-ethyl adjacent to an activating group) is 1. The number of hydrogen-bond acceptors (Lipinski definition) is 3. The van der Waals surface area contributed by atoms with Gasteiger partial charge < -0.3 is 14.3 Å². The van der Waals surface area contributed by atoms with Gasteiger partial charge in [0.1, 0.15) is 6.54 Å². The van der Waals surface area contributed by atoms with Crippen LogP contribution in [-0.4, -0.2) is 55.3 Å². The fraction of sp³-hybridized carbons (Fsp3) is 0.769. The van der Waals surface area contributed by atoms with Crippen LogP contribution >= 0.6 is 0 Å². The number of carboxylic acid groups (broad SMARTS) is 1. The van der Waals surface area contributed by atoms with Gasteiger partial charge >= 0.3 is 11.9 Å². The van der Waals surface area contributed by atoms with Crippen molar-refractivity contribution in [3.8, 4) is 0 Å². The SMILES string of the molecule is CCCCC/C=C/C/C=C/CCCCCCCCC(=O)OC(CC(=O)O)C[N+](C)(C)C. The molecule has 0 saturated carbocycles.